The number of esters is 4. The number of aromatic nitrogens is 12. The predicted octanol–water partition coefficient (Wildman–Crippen LogP) is 23.0. The van der Waals surface area contributed by atoms with Crippen LogP contribution in [0.4, 0.5) is 0 Å². The Morgan fingerprint density at radius 1 is 0.202 bits per heavy atom. The molecule has 20 nitrogen and oxygen atoms in total. The Labute approximate surface area is 714 Å². The zero-order valence-corrected chi connectivity index (χ0v) is 71.3. The van der Waals surface area contributed by atoms with Crippen molar-refractivity contribution in [2.24, 2.45) is 0 Å². The Morgan fingerprint density at radius 2 is 0.355 bits per heavy atom. The van der Waals surface area contributed by atoms with Crippen molar-refractivity contribution < 1.29 is 38.1 Å². The van der Waals surface area contributed by atoms with Gasteiger partial charge in [-0.15, -0.1) is 0 Å². The van der Waals surface area contributed by atoms with Crippen LogP contribution in [0.3, 0.4) is 0 Å². The largest absolute Gasteiger partial charge is 0.465 e. The average molecular weight is 1630 g/mol. The van der Waals surface area contributed by atoms with Crippen LogP contribution in [-0.2, 0) is 18.9 Å². The topological polar surface area (TPSA) is 271 Å². The smallest absolute Gasteiger partial charge is 0.338 e. The van der Waals surface area contributed by atoms with E-state index in [9.17, 15) is 19.2 Å². The van der Waals surface area contributed by atoms with Crippen LogP contribution in [0.15, 0.2) is 146 Å². The summed E-state index contributed by atoms with van der Waals surface area (Å²) in [6.45, 7) is 25.0. The maximum atomic E-state index is 14.9. The first-order chi connectivity index (χ1) is 59.8. The number of ether oxygens (including phenoxy) is 4. The summed E-state index contributed by atoms with van der Waals surface area (Å²) in [7, 11) is 5.34. The van der Waals surface area contributed by atoms with Crippen LogP contribution in [0.1, 0.15) is 154 Å². The average Bonchev–Trinajstić information content (AvgIpc) is 1.57. The van der Waals surface area contributed by atoms with Crippen molar-refractivity contribution >= 4 is 117 Å². The molecule has 0 spiro atoms. The maximum absolute atomic E-state index is 14.9. The summed E-state index contributed by atoms with van der Waals surface area (Å²) in [4.78, 5) is 121. The van der Waals surface area contributed by atoms with Gasteiger partial charge in [0.1, 0.15) is 0 Å². The Hall–Kier alpha value is -15.4. The lowest BCUT2D eigenvalue weighted by molar-refractivity contribution is 0.0591. The molecule has 15 heterocycles. The number of aryl methyl sites for hydroxylation is 12. The van der Waals surface area contributed by atoms with Crippen molar-refractivity contribution in [1.29, 1.82) is 0 Å². The van der Waals surface area contributed by atoms with E-state index in [1.165, 1.54) is 28.4 Å². The molecule has 14 aromatic rings. The van der Waals surface area contributed by atoms with Gasteiger partial charge >= 0.3 is 23.9 Å². The molecule has 4 N–H and O–H groups in total. The second kappa shape index (κ2) is 30.4. The molecule has 10 aromatic heterocycles. The molecule has 0 unspecified atom stereocenters. The SMILES string of the molecule is COC(=O)c1cc2nc(c1)-c1c3nc(c(-c4c(C)cc(C)cc4C)c4ccc([nH]4)c(c4nc(c(-c5c(C)cc(C)cc5C)c5ccc1[nH]5)C=C4)-c1cc(C(=O)OC)cc(n1)-c1cc(C(=O)OC)cc(n1)-c1c4nc(c(-c5c(C)cc(C)cc5C)c5ccc([nH]5)c(c5nc(c(-c6c(C)cc(C)cc6C)c6ccc1[nH]6)C=C5)-c1cc(C(=O)OC)cc-2n1)C=C4)C=C3. The molecule has 124 heavy (non-hydrogen) atoms. The third kappa shape index (κ3) is 13.5. The first kappa shape index (κ1) is 78.4. The van der Waals surface area contributed by atoms with Gasteiger partial charge in [0, 0.05) is 66.6 Å². The van der Waals surface area contributed by atoms with Gasteiger partial charge in [0.25, 0.3) is 0 Å². The van der Waals surface area contributed by atoms with Crippen molar-refractivity contribution in [2.45, 2.75) is 83.1 Å². The van der Waals surface area contributed by atoms with Crippen molar-refractivity contribution in [3.63, 3.8) is 0 Å². The van der Waals surface area contributed by atoms with Crippen LogP contribution in [0.25, 0.3) is 205 Å². The van der Waals surface area contributed by atoms with Crippen molar-refractivity contribution in [1.82, 2.24) is 59.8 Å². The quantitative estimate of drug-likeness (QED) is 0.0813. The first-order valence-corrected chi connectivity index (χ1v) is 40.9. The third-order valence-corrected chi connectivity index (χ3v) is 23.8. The zero-order valence-electron chi connectivity index (χ0n) is 71.3. The number of fused-ring (bicyclic) bond motifs is 26. The van der Waals surface area contributed by atoms with Crippen LogP contribution in [0.5, 0.6) is 0 Å². The molecule has 28 bridgehead atoms. The van der Waals surface area contributed by atoms with Gasteiger partial charge in [-0.2, -0.15) is 0 Å². The molecule has 608 valence electrons. The van der Waals surface area contributed by atoms with Gasteiger partial charge in [0.05, 0.1) is 164 Å². The fraction of sp³-hybridized carbons (Fsp3) is 0.154. The van der Waals surface area contributed by atoms with Gasteiger partial charge < -0.3 is 38.9 Å². The molecule has 0 atom stereocenters. The third-order valence-electron chi connectivity index (χ3n) is 23.8. The van der Waals surface area contributed by atoms with Crippen molar-refractivity contribution in [3.8, 4) is 112 Å². The highest BCUT2D eigenvalue weighted by Crippen LogP contribution is 2.47. The monoisotopic (exact) mass is 1630 g/mol. The van der Waals surface area contributed by atoms with Gasteiger partial charge in [-0.1, -0.05) is 70.8 Å². The number of benzene rings is 4. The van der Waals surface area contributed by atoms with Crippen LogP contribution < -0.4 is 0 Å². The number of pyridine rings is 4. The van der Waals surface area contributed by atoms with Gasteiger partial charge in [-0.25, -0.2) is 59.0 Å². The van der Waals surface area contributed by atoms with Crippen molar-refractivity contribution in [2.75, 3.05) is 28.4 Å². The van der Waals surface area contributed by atoms with E-state index in [1.54, 1.807) is 48.5 Å². The number of aromatic amines is 4. The number of methoxy groups -OCH3 is 4. The van der Waals surface area contributed by atoms with E-state index in [2.05, 4.69) is 152 Å². The Bertz CT molecular complexity index is 6680. The highest BCUT2D eigenvalue weighted by Gasteiger charge is 2.30. The zero-order chi connectivity index (χ0) is 86.3. The maximum Gasteiger partial charge on any atom is 0.338 e. The summed E-state index contributed by atoms with van der Waals surface area (Å²) >= 11 is 0. The van der Waals surface area contributed by atoms with E-state index in [1.807, 2.05) is 97.1 Å². The standard InChI is InChI=1S/C104H84N12O8/c1-49-33-53(5)89(54(6)34-49)97-73-25-17-65(105-73)93-67-19-27-75(107-67)98(90-55(7)35-50(2)36-56(90)8)76-28-20-68(108-76)94(66-18-26-74(97)106-66)86-46-62(102(118)122-14)42-82(114-86)84-44-64(104(120)124-16)48-88(116-84)96-70-22-30-78(110-70)99(91-57(9)37-51(3)38-58(91)10)77-29-21-69(109-77)95(87-47-63(103(119)123-15)43-83(115-87)81-41-61(101(117)121-13)45-85(93)113-81)71-23-31-79(111-71)100(80-32-24-72(96)112-80)92-59(11)39-52(4)40-60(92)12/h17-48,105,108-109,112H,1-16H3. The molecule has 0 saturated carbocycles. The van der Waals surface area contributed by atoms with E-state index >= 15 is 0 Å². The normalized spacial score (nSPS) is 12.2. The lowest BCUT2D eigenvalue weighted by Crippen LogP contribution is -2.06. The molecular formula is C104H84N12O8. The Balaban J connectivity index is 1.06. The summed E-state index contributed by atoms with van der Waals surface area (Å²) in [6, 6.07) is 46.5. The second-order valence-corrected chi connectivity index (χ2v) is 32.6. The molecule has 4 aromatic carbocycles. The number of nitrogens with zero attached hydrogens (tertiary/aromatic N) is 8. The van der Waals surface area contributed by atoms with Gasteiger partial charge in [-0.3, -0.25) is 0 Å². The number of hydrogen-bond acceptors (Lipinski definition) is 16. The van der Waals surface area contributed by atoms with Crippen LogP contribution in [-0.4, -0.2) is 112 Å². The molecule has 0 aliphatic carbocycles. The van der Waals surface area contributed by atoms with Crippen LogP contribution in [0, 0.1) is 83.1 Å². The molecule has 5 aliphatic heterocycles. The van der Waals surface area contributed by atoms with E-state index in [4.69, 9.17) is 58.8 Å². The molecule has 0 amide bonds. The summed E-state index contributed by atoms with van der Waals surface area (Å²) < 4.78 is 22.8. The molecule has 19 rings (SSSR count). The summed E-state index contributed by atoms with van der Waals surface area (Å²) in [5.74, 6) is -2.68. The Morgan fingerprint density at radius 3 is 0.524 bits per heavy atom. The molecule has 20 heteroatoms. The molecular weight excluding hydrogens is 1550 g/mol. The molecule has 0 saturated heterocycles. The van der Waals surface area contributed by atoms with Gasteiger partial charge in [0.2, 0.25) is 0 Å². The fourth-order valence-electron chi connectivity index (χ4n) is 18.9. The number of carbonyl (C=O) groups excluding carboxylic acids is 4. The van der Waals surface area contributed by atoms with E-state index < -0.39 is 23.9 Å². The summed E-state index contributed by atoms with van der Waals surface area (Å²) in [5.41, 5.74) is 32.2. The number of hydrogen-bond donors (Lipinski definition) is 4. The number of H-pyrrole nitrogens is 4. The highest BCUT2D eigenvalue weighted by atomic mass is 16.5. The first-order valence-electron chi connectivity index (χ1n) is 40.9. The number of carbonyl (C=O) groups is 4. The van der Waals surface area contributed by atoms with Gasteiger partial charge in [0.15, 0.2) is 0 Å². The second-order valence-electron chi connectivity index (χ2n) is 32.6. The van der Waals surface area contributed by atoms with Crippen LogP contribution in [0.2, 0.25) is 0 Å². The van der Waals surface area contributed by atoms with Crippen LogP contribution >= 0.6 is 0 Å². The van der Waals surface area contributed by atoms with Gasteiger partial charge in [-0.05, 0) is 296 Å². The van der Waals surface area contributed by atoms with E-state index in [-0.39, 0.29) is 45.0 Å². The molecule has 0 fully saturated rings. The fourth-order valence-corrected chi connectivity index (χ4v) is 18.9. The minimum absolute atomic E-state index is 0.119. The molecule has 0 radical (unpaired) electrons. The van der Waals surface area contributed by atoms with E-state index in [0.717, 1.165) is 111 Å². The highest BCUT2D eigenvalue weighted by molar-refractivity contribution is 6.07. The summed E-state index contributed by atoms with van der Waals surface area (Å²) in [6.07, 6.45) is 15.8. The lowest BCUT2D eigenvalue weighted by atomic mass is 9.92. The minimum Gasteiger partial charge on any atom is -0.465 e. The molecule has 5 aliphatic rings. The lowest BCUT2D eigenvalue weighted by Gasteiger charge is -2.14. The Kier molecular flexibility index (Phi) is 19.2. The number of nitrogens with one attached hydrogen (secondary N) is 4. The number of rotatable bonds is 8. The van der Waals surface area contributed by atoms with E-state index in [0.29, 0.717) is 135 Å². The van der Waals surface area contributed by atoms with Crippen molar-refractivity contribution in [3.05, 3.63) is 280 Å². The minimum atomic E-state index is -0.671. The summed E-state index contributed by atoms with van der Waals surface area (Å²) in [5, 5.41) is 0. The predicted molar refractivity (Wildman–Crippen MR) is 493 cm³/mol.